The summed E-state index contributed by atoms with van der Waals surface area (Å²) in [6, 6.07) is 6.57. The van der Waals surface area contributed by atoms with E-state index in [1.807, 2.05) is 6.26 Å². The highest BCUT2D eigenvalue weighted by atomic mass is 79.9. The second-order valence-electron chi connectivity index (χ2n) is 4.18. The van der Waals surface area contributed by atoms with E-state index in [1.165, 1.54) is 17.8 Å². The van der Waals surface area contributed by atoms with E-state index in [4.69, 9.17) is 0 Å². The van der Waals surface area contributed by atoms with Gasteiger partial charge in [0.15, 0.2) is 0 Å². The fourth-order valence-corrected chi connectivity index (χ4v) is 4.24. The Morgan fingerprint density at radius 2 is 2.06 bits per heavy atom. The average Bonchev–Trinajstić information content (AvgIpc) is 2.27. The van der Waals surface area contributed by atoms with Gasteiger partial charge in [0, 0.05) is 16.8 Å². The monoisotopic (exact) mass is 353 g/mol. The van der Waals surface area contributed by atoms with Gasteiger partial charge in [-0.2, -0.15) is 11.8 Å². The van der Waals surface area contributed by atoms with Gasteiger partial charge in [-0.1, -0.05) is 12.1 Å². The summed E-state index contributed by atoms with van der Waals surface area (Å²) in [5.74, 6) is 0.464. The Morgan fingerprint density at radius 1 is 1.44 bits per heavy atom. The number of halogens is 1. The average molecular weight is 354 g/mol. The molecule has 2 N–H and O–H groups in total. The molecule has 1 rings (SSSR count). The Kier molecular flexibility index (Phi) is 5.67. The van der Waals surface area contributed by atoms with Gasteiger partial charge in [-0.25, -0.2) is 13.1 Å². The van der Waals surface area contributed by atoms with E-state index in [0.29, 0.717) is 10.2 Å². The second-order valence-corrected chi connectivity index (χ2v) is 7.64. The van der Waals surface area contributed by atoms with E-state index in [0.717, 1.165) is 0 Å². The molecule has 0 aliphatic carbocycles. The summed E-state index contributed by atoms with van der Waals surface area (Å²) in [5, 5.41) is 9.93. The maximum absolute atomic E-state index is 12.0. The lowest BCUT2D eigenvalue weighted by Gasteiger charge is -2.22. The van der Waals surface area contributed by atoms with Crippen molar-refractivity contribution in [1.29, 1.82) is 0 Å². The third-order valence-corrected chi connectivity index (χ3v) is 5.55. The summed E-state index contributed by atoms with van der Waals surface area (Å²) in [6.07, 6.45) is 1.86. The predicted octanol–water partition coefficient (Wildman–Crippen LogP) is 1.84. The van der Waals surface area contributed by atoms with Gasteiger partial charge >= 0.3 is 0 Å². The van der Waals surface area contributed by atoms with Crippen LogP contribution in [0.3, 0.4) is 0 Å². The lowest BCUT2D eigenvalue weighted by molar-refractivity contribution is 0.0908. The molecule has 0 aromatic heterocycles. The number of aliphatic hydroxyl groups is 1. The zero-order chi connectivity index (χ0) is 13.8. The summed E-state index contributed by atoms with van der Waals surface area (Å²) in [5.41, 5.74) is -1.06. The quantitative estimate of drug-likeness (QED) is 0.818. The molecule has 0 saturated heterocycles. The van der Waals surface area contributed by atoms with Crippen LogP contribution in [0.25, 0.3) is 0 Å². The molecule has 1 aromatic rings. The number of benzene rings is 1. The van der Waals surface area contributed by atoms with Crippen LogP contribution >= 0.6 is 27.7 Å². The van der Waals surface area contributed by atoms with E-state index < -0.39 is 15.6 Å². The second kappa shape index (κ2) is 6.38. The standard InChI is InChI=1S/C11H16BrNO3S2/c1-11(14,8-17-2)7-13-18(15,16)10-6-4-3-5-9(10)12/h3-6,13-14H,7-8H2,1-2H3. The van der Waals surface area contributed by atoms with Gasteiger partial charge < -0.3 is 5.11 Å². The highest BCUT2D eigenvalue weighted by molar-refractivity contribution is 9.10. The van der Waals surface area contributed by atoms with Crippen LogP contribution in [-0.2, 0) is 10.0 Å². The molecule has 1 aromatic carbocycles. The van der Waals surface area contributed by atoms with Crippen LogP contribution in [0.5, 0.6) is 0 Å². The maximum Gasteiger partial charge on any atom is 0.241 e. The van der Waals surface area contributed by atoms with E-state index >= 15 is 0 Å². The number of sulfonamides is 1. The number of nitrogens with one attached hydrogen (secondary N) is 1. The van der Waals surface area contributed by atoms with Crippen LogP contribution in [0.15, 0.2) is 33.6 Å². The largest absolute Gasteiger partial charge is 0.388 e. The van der Waals surface area contributed by atoms with Crippen molar-refractivity contribution in [3.05, 3.63) is 28.7 Å². The van der Waals surface area contributed by atoms with E-state index in [-0.39, 0.29) is 11.4 Å². The molecule has 0 fully saturated rings. The molecule has 102 valence electrons. The normalized spacial score (nSPS) is 15.3. The first kappa shape index (κ1) is 16.0. The minimum atomic E-state index is -3.61. The van der Waals surface area contributed by atoms with Gasteiger partial charge in [-0.3, -0.25) is 0 Å². The zero-order valence-electron chi connectivity index (χ0n) is 10.2. The summed E-state index contributed by atoms with van der Waals surface area (Å²) >= 11 is 4.66. The zero-order valence-corrected chi connectivity index (χ0v) is 13.4. The smallest absolute Gasteiger partial charge is 0.241 e. The predicted molar refractivity (Wildman–Crippen MR) is 78.3 cm³/mol. The van der Waals surface area contributed by atoms with Crippen molar-refractivity contribution in [1.82, 2.24) is 4.72 Å². The van der Waals surface area contributed by atoms with Gasteiger partial charge in [-0.05, 0) is 41.2 Å². The lowest BCUT2D eigenvalue weighted by atomic mass is 10.1. The molecular weight excluding hydrogens is 338 g/mol. The minimum Gasteiger partial charge on any atom is -0.388 e. The van der Waals surface area contributed by atoms with Crippen LogP contribution < -0.4 is 4.72 Å². The summed E-state index contributed by atoms with van der Waals surface area (Å²) in [4.78, 5) is 0.171. The van der Waals surface area contributed by atoms with Gasteiger partial charge in [0.05, 0.1) is 10.5 Å². The summed E-state index contributed by atoms with van der Waals surface area (Å²) in [7, 11) is -3.61. The Morgan fingerprint density at radius 3 is 2.61 bits per heavy atom. The molecule has 0 bridgehead atoms. The number of rotatable bonds is 6. The molecule has 4 nitrogen and oxygen atoms in total. The fourth-order valence-electron chi connectivity index (χ4n) is 1.35. The molecule has 7 heteroatoms. The van der Waals surface area contributed by atoms with Crippen LogP contribution in [0.2, 0.25) is 0 Å². The maximum atomic E-state index is 12.0. The third-order valence-electron chi connectivity index (χ3n) is 2.22. The van der Waals surface area contributed by atoms with Crippen LogP contribution in [0.4, 0.5) is 0 Å². The highest BCUT2D eigenvalue weighted by Gasteiger charge is 2.24. The molecule has 0 spiro atoms. The van der Waals surface area contributed by atoms with Gasteiger partial charge in [0.1, 0.15) is 0 Å². The topological polar surface area (TPSA) is 66.4 Å². The van der Waals surface area contributed by atoms with Crippen LogP contribution in [-0.4, -0.2) is 37.7 Å². The first-order valence-electron chi connectivity index (χ1n) is 5.24. The first-order chi connectivity index (χ1) is 8.28. The molecule has 0 aliphatic heterocycles. The molecule has 0 amide bonds. The fraction of sp³-hybridized carbons (Fsp3) is 0.455. The van der Waals surface area contributed by atoms with E-state index in [2.05, 4.69) is 20.7 Å². The van der Waals surface area contributed by atoms with E-state index in [1.54, 1.807) is 25.1 Å². The third kappa shape index (κ3) is 4.55. The molecular formula is C11H16BrNO3S2. The Labute approximate surface area is 120 Å². The molecule has 1 atom stereocenters. The van der Waals surface area contributed by atoms with Crippen molar-refractivity contribution in [2.45, 2.75) is 17.4 Å². The lowest BCUT2D eigenvalue weighted by Crippen LogP contribution is -2.42. The highest BCUT2D eigenvalue weighted by Crippen LogP contribution is 2.21. The van der Waals surface area contributed by atoms with Crippen molar-refractivity contribution in [3.8, 4) is 0 Å². The van der Waals surface area contributed by atoms with Crippen molar-refractivity contribution in [2.24, 2.45) is 0 Å². The minimum absolute atomic E-state index is 0.0164. The molecule has 0 aliphatic rings. The van der Waals surface area contributed by atoms with Crippen molar-refractivity contribution in [3.63, 3.8) is 0 Å². The molecule has 0 radical (unpaired) electrons. The summed E-state index contributed by atoms with van der Waals surface area (Å²) < 4.78 is 27.0. The number of hydrogen-bond acceptors (Lipinski definition) is 4. The molecule has 0 saturated carbocycles. The molecule has 1 unspecified atom stereocenters. The Balaban J connectivity index is 2.81. The van der Waals surface area contributed by atoms with Crippen molar-refractivity contribution in [2.75, 3.05) is 18.6 Å². The van der Waals surface area contributed by atoms with Crippen molar-refractivity contribution >= 4 is 37.7 Å². The number of thioether (sulfide) groups is 1. The van der Waals surface area contributed by atoms with Crippen LogP contribution in [0, 0.1) is 0 Å². The summed E-state index contributed by atoms with van der Waals surface area (Å²) in [6.45, 7) is 1.59. The first-order valence-corrected chi connectivity index (χ1v) is 8.91. The Hall–Kier alpha value is -0.0800. The molecule has 18 heavy (non-hydrogen) atoms. The van der Waals surface area contributed by atoms with Crippen LogP contribution in [0.1, 0.15) is 6.92 Å². The molecule has 0 heterocycles. The number of hydrogen-bond donors (Lipinski definition) is 2. The SMILES string of the molecule is CSCC(C)(O)CNS(=O)(=O)c1ccccc1Br. The van der Waals surface area contributed by atoms with E-state index in [9.17, 15) is 13.5 Å². The van der Waals surface area contributed by atoms with Gasteiger partial charge in [-0.15, -0.1) is 0 Å². The van der Waals surface area contributed by atoms with Gasteiger partial charge in [0.25, 0.3) is 0 Å². The Bertz CT molecular complexity index is 503. The van der Waals surface area contributed by atoms with Gasteiger partial charge in [0.2, 0.25) is 10.0 Å². The van der Waals surface area contributed by atoms with Crippen molar-refractivity contribution < 1.29 is 13.5 Å².